The van der Waals surface area contributed by atoms with Crippen LogP contribution in [0.25, 0.3) is 0 Å². The number of carbonyl (C=O) groups excluding carboxylic acids is 2. The lowest BCUT2D eigenvalue weighted by Gasteiger charge is -2.65. The number of aliphatic hydroxyl groups is 1. The molecular weight excluding hydrogens is 572 g/mol. The number of esters is 2. The van der Waals surface area contributed by atoms with Crippen molar-refractivity contribution in [2.45, 2.75) is 38.2 Å². The lowest BCUT2D eigenvalue weighted by atomic mass is 9.53. The molecule has 0 radical (unpaired) electrons. The van der Waals surface area contributed by atoms with E-state index in [1.165, 1.54) is 20.4 Å². The van der Waals surface area contributed by atoms with E-state index in [0.29, 0.717) is 23.6 Å². The molecule has 0 aliphatic carbocycles. The quantitative estimate of drug-likeness (QED) is 0.270. The Hall–Kier alpha value is -4.58. The van der Waals surface area contributed by atoms with Gasteiger partial charge in [-0.2, -0.15) is 0 Å². The van der Waals surface area contributed by atoms with E-state index < -0.39 is 41.0 Å². The number of hydrogen-bond acceptors (Lipinski definition) is 11. The van der Waals surface area contributed by atoms with Crippen molar-refractivity contribution in [2.75, 3.05) is 27.3 Å². The highest BCUT2D eigenvalue weighted by atomic mass is 16.5. The van der Waals surface area contributed by atoms with Crippen molar-refractivity contribution >= 4 is 18.2 Å². The summed E-state index contributed by atoms with van der Waals surface area (Å²) in [5.41, 5.74) is -0.989. The number of fused-ring (bicyclic) bond motifs is 2. The maximum atomic E-state index is 14.4. The zero-order valence-corrected chi connectivity index (χ0v) is 25.7. The highest BCUT2D eigenvalue weighted by molar-refractivity contribution is 5.87. The number of aliphatic imine (C=N–C) groups is 1. The van der Waals surface area contributed by atoms with Crippen molar-refractivity contribution in [2.24, 2.45) is 15.8 Å². The van der Waals surface area contributed by atoms with Crippen molar-refractivity contribution in [3.63, 3.8) is 0 Å². The Balaban J connectivity index is 1.86. The minimum atomic E-state index is -1.71. The molecule has 2 aliphatic rings. The van der Waals surface area contributed by atoms with E-state index in [9.17, 15) is 14.7 Å². The average molecular weight is 611 g/mol. The summed E-state index contributed by atoms with van der Waals surface area (Å²) >= 11 is 0. The molecule has 0 amide bonds. The van der Waals surface area contributed by atoms with Crippen LogP contribution < -0.4 is 0 Å². The van der Waals surface area contributed by atoms with Crippen molar-refractivity contribution in [1.82, 2.24) is 24.8 Å². The fourth-order valence-corrected chi connectivity index (χ4v) is 7.14. The third-order valence-electron chi connectivity index (χ3n) is 8.77. The molecule has 5 atom stereocenters. The molecule has 5 heterocycles. The molecule has 5 rings (SSSR count). The first kappa shape index (κ1) is 31.8. The van der Waals surface area contributed by atoms with Gasteiger partial charge in [0.05, 0.1) is 55.2 Å². The average Bonchev–Trinajstić information content (AvgIpc) is 3.07. The summed E-state index contributed by atoms with van der Waals surface area (Å²) in [6.45, 7) is 6.18. The fourth-order valence-electron chi connectivity index (χ4n) is 7.14. The first-order valence-electron chi connectivity index (χ1n) is 14.7. The molecule has 3 aromatic rings. The van der Waals surface area contributed by atoms with Crippen LogP contribution in [0.2, 0.25) is 0 Å². The summed E-state index contributed by atoms with van der Waals surface area (Å²) in [7, 11) is 2.58. The summed E-state index contributed by atoms with van der Waals surface area (Å²) in [6.07, 6.45) is 8.34. The van der Waals surface area contributed by atoms with E-state index in [-0.39, 0.29) is 19.6 Å². The van der Waals surface area contributed by atoms with Crippen LogP contribution in [0.1, 0.15) is 30.0 Å². The Bertz CT molecular complexity index is 1550. The molecule has 2 aliphatic heterocycles. The number of methoxy groups -OCH3 is 2. The molecule has 234 valence electrons. The number of aliphatic hydroxyl groups excluding tert-OH is 1. The molecular formula is C34H38N6O5. The van der Waals surface area contributed by atoms with Gasteiger partial charge in [-0.25, -0.2) is 0 Å². The van der Waals surface area contributed by atoms with Crippen molar-refractivity contribution in [1.29, 1.82) is 0 Å². The lowest BCUT2D eigenvalue weighted by molar-refractivity contribution is -0.248. The van der Waals surface area contributed by atoms with E-state index in [1.54, 1.807) is 36.8 Å². The second-order valence-corrected chi connectivity index (χ2v) is 11.2. The van der Waals surface area contributed by atoms with Crippen molar-refractivity contribution < 1.29 is 24.2 Å². The third-order valence-corrected chi connectivity index (χ3v) is 8.77. The van der Waals surface area contributed by atoms with Crippen LogP contribution in [-0.2, 0) is 32.2 Å². The minimum absolute atomic E-state index is 0.0371. The Morgan fingerprint density at radius 1 is 0.933 bits per heavy atom. The third kappa shape index (κ3) is 5.58. The van der Waals surface area contributed by atoms with Crippen LogP contribution in [-0.4, -0.2) is 87.5 Å². The number of ether oxygens (including phenoxy) is 2. The largest absolute Gasteiger partial charge is 0.468 e. The normalized spacial score (nSPS) is 27.2. The zero-order valence-electron chi connectivity index (χ0n) is 25.7. The van der Waals surface area contributed by atoms with Crippen LogP contribution in [0.5, 0.6) is 0 Å². The topological polar surface area (TPSA) is 130 Å². The molecule has 5 unspecified atom stereocenters. The molecule has 2 bridgehead atoms. The van der Waals surface area contributed by atoms with E-state index in [1.807, 2.05) is 65.3 Å². The maximum absolute atomic E-state index is 14.4. The predicted octanol–water partition coefficient (Wildman–Crippen LogP) is 3.15. The summed E-state index contributed by atoms with van der Waals surface area (Å²) in [5.74, 6) is -1.36. The highest BCUT2D eigenvalue weighted by Gasteiger charge is 2.75. The predicted molar refractivity (Wildman–Crippen MR) is 167 cm³/mol. The van der Waals surface area contributed by atoms with Crippen LogP contribution in [0, 0.1) is 10.8 Å². The zero-order chi connectivity index (χ0) is 32.0. The number of pyridine rings is 3. The van der Waals surface area contributed by atoms with Gasteiger partial charge in [-0.3, -0.25) is 39.3 Å². The van der Waals surface area contributed by atoms with E-state index >= 15 is 0 Å². The van der Waals surface area contributed by atoms with E-state index in [2.05, 4.69) is 16.5 Å². The van der Waals surface area contributed by atoms with Crippen LogP contribution >= 0.6 is 0 Å². The summed E-state index contributed by atoms with van der Waals surface area (Å²) in [6, 6.07) is 14.8. The van der Waals surface area contributed by atoms with Gasteiger partial charge < -0.3 is 14.6 Å². The van der Waals surface area contributed by atoms with Gasteiger partial charge in [-0.05, 0) is 43.3 Å². The van der Waals surface area contributed by atoms with Gasteiger partial charge in [0.2, 0.25) is 0 Å². The lowest BCUT2D eigenvalue weighted by Crippen LogP contribution is -2.80. The summed E-state index contributed by atoms with van der Waals surface area (Å²) < 4.78 is 11.0. The second-order valence-electron chi connectivity index (χ2n) is 11.2. The molecule has 2 fully saturated rings. The first-order valence-corrected chi connectivity index (χ1v) is 14.7. The molecule has 3 aromatic heterocycles. The summed E-state index contributed by atoms with van der Waals surface area (Å²) in [4.78, 5) is 51.2. The number of nitrogens with zero attached hydrogens (tertiary/aromatic N) is 6. The molecule has 0 aromatic carbocycles. The second kappa shape index (κ2) is 13.6. The molecule has 45 heavy (non-hydrogen) atoms. The number of carbonyl (C=O) groups is 2. The van der Waals surface area contributed by atoms with Crippen molar-refractivity contribution in [3.05, 3.63) is 115 Å². The van der Waals surface area contributed by atoms with E-state index in [0.717, 1.165) is 5.69 Å². The number of hydrogen-bond donors (Lipinski definition) is 1. The van der Waals surface area contributed by atoms with Gasteiger partial charge in [-0.15, -0.1) is 0 Å². The highest BCUT2D eigenvalue weighted by Crippen LogP contribution is 2.60. The Kier molecular flexibility index (Phi) is 9.62. The van der Waals surface area contributed by atoms with Gasteiger partial charge in [0.15, 0.2) is 0 Å². The molecule has 2 saturated heterocycles. The molecule has 0 spiro atoms. The van der Waals surface area contributed by atoms with Gasteiger partial charge in [0, 0.05) is 51.0 Å². The van der Waals surface area contributed by atoms with E-state index in [4.69, 9.17) is 19.5 Å². The Morgan fingerprint density at radius 2 is 1.51 bits per heavy atom. The Labute approximate surface area is 263 Å². The first-order chi connectivity index (χ1) is 21.9. The maximum Gasteiger partial charge on any atom is 0.317 e. The smallest absolute Gasteiger partial charge is 0.317 e. The van der Waals surface area contributed by atoms with Gasteiger partial charge in [-0.1, -0.05) is 36.9 Å². The van der Waals surface area contributed by atoms with Crippen LogP contribution in [0.3, 0.4) is 0 Å². The van der Waals surface area contributed by atoms with Gasteiger partial charge >= 0.3 is 11.9 Å². The SMILES string of the molecule is C=CC=NC(=CC)C1N(Cc2ccccn2)C(c2ccccn2)C2(C(=O)OC)CN(Cc3ccccn3)CC1(C(=O)OC)C2O. The fraction of sp³-hybridized carbons (Fsp3) is 0.353. The van der Waals surface area contributed by atoms with Crippen molar-refractivity contribution in [3.8, 4) is 0 Å². The number of piperidine rings is 2. The molecule has 11 heteroatoms. The minimum Gasteiger partial charge on any atom is -0.468 e. The number of allylic oxidation sites excluding steroid dienone is 2. The standard InChI is InChI=1S/C34H38N6O5/c1-5-16-37-26(6-2)28-33(31(42)44-3)22-39(20-24-13-7-10-17-35-24)23-34(30(33)41,32(43)45-4)29(27-15-9-12-19-38-27)40(28)21-25-14-8-11-18-36-25/h5-19,28-30,41H,1,20-23H2,2-4H3. The molecule has 11 nitrogen and oxygen atoms in total. The number of aromatic nitrogens is 3. The van der Waals surface area contributed by atoms with Gasteiger partial charge in [0.1, 0.15) is 10.8 Å². The molecule has 1 N–H and O–H groups in total. The number of likely N-dealkylation sites (tertiary alicyclic amines) is 2. The summed E-state index contributed by atoms with van der Waals surface area (Å²) in [5, 5.41) is 12.7. The van der Waals surface area contributed by atoms with Gasteiger partial charge in [0.25, 0.3) is 0 Å². The monoisotopic (exact) mass is 610 g/mol. The Morgan fingerprint density at radius 3 is 2.04 bits per heavy atom. The van der Waals surface area contributed by atoms with Crippen LogP contribution in [0.4, 0.5) is 0 Å². The van der Waals surface area contributed by atoms with Crippen LogP contribution in [0.15, 0.2) is 103 Å². The number of rotatable bonds is 10. The molecule has 0 saturated carbocycles.